The predicted octanol–water partition coefficient (Wildman–Crippen LogP) is 7.39. The monoisotopic (exact) mass is 511 g/mol. The number of hydrogen-bond acceptors (Lipinski definition) is 3. The lowest BCUT2D eigenvalue weighted by molar-refractivity contribution is -0.124. The Hall–Kier alpha value is -2.37. The summed E-state index contributed by atoms with van der Waals surface area (Å²) in [7, 11) is 0. The van der Waals surface area contributed by atoms with E-state index in [4.69, 9.17) is 0 Å². The highest BCUT2D eigenvalue weighted by molar-refractivity contribution is 6.00. The fraction of sp³-hybridized carbons (Fsp3) is 0.710. The number of amides is 3. The van der Waals surface area contributed by atoms with Gasteiger partial charge in [-0.3, -0.25) is 14.4 Å². The number of carbonyl (C=O) groups is 3. The number of hydrogen-bond donors (Lipinski definition) is 2. The first-order chi connectivity index (χ1) is 17.4. The lowest BCUT2D eigenvalue weighted by Crippen LogP contribution is -2.49. The molecule has 0 saturated heterocycles. The minimum absolute atomic E-state index is 0.00467. The molecule has 0 spiro atoms. The Bertz CT molecular complexity index is 949. The smallest absolute Gasteiger partial charge is 0.230 e. The first-order valence-corrected chi connectivity index (χ1v) is 14.5. The summed E-state index contributed by atoms with van der Waals surface area (Å²) in [5.74, 6) is 1.23. The summed E-state index contributed by atoms with van der Waals surface area (Å²) >= 11 is 0. The minimum Gasteiger partial charge on any atom is -0.326 e. The van der Waals surface area contributed by atoms with Gasteiger partial charge in [0, 0.05) is 40.4 Å². The summed E-state index contributed by atoms with van der Waals surface area (Å²) in [4.78, 5) is 41.5. The normalized spacial score (nSPS) is 21.1. The average Bonchev–Trinajstić information content (AvgIpc) is 2.83. The second-order valence-corrected chi connectivity index (χ2v) is 12.9. The highest BCUT2D eigenvalue weighted by Gasteiger charge is 2.34. The maximum atomic E-state index is 13.8. The van der Waals surface area contributed by atoms with E-state index in [2.05, 4.69) is 24.5 Å². The van der Waals surface area contributed by atoms with Crippen molar-refractivity contribution in [1.82, 2.24) is 0 Å². The van der Waals surface area contributed by atoms with Crippen molar-refractivity contribution in [2.24, 2.45) is 29.6 Å². The molecule has 0 heterocycles. The number of anilines is 3. The molecular formula is C31H49N3O3. The van der Waals surface area contributed by atoms with Gasteiger partial charge in [0.2, 0.25) is 17.7 Å². The molecule has 6 nitrogen and oxygen atoms in total. The van der Waals surface area contributed by atoms with Crippen molar-refractivity contribution >= 4 is 34.8 Å². The molecule has 3 rings (SSSR count). The zero-order valence-corrected chi connectivity index (χ0v) is 24.2. The van der Waals surface area contributed by atoms with Crippen LogP contribution >= 0.6 is 0 Å². The van der Waals surface area contributed by atoms with Crippen LogP contribution in [0.15, 0.2) is 18.2 Å². The molecule has 2 aliphatic rings. The zero-order chi connectivity index (χ0) is 27.3. The molecule has 0 unspecified atom stereocenters. The molecule has 6 heteroatoms. The first-order valence-electron chi connectivity index (χ1n) is 14.5. The van der Waals surface area contributed by atoms with Crippen LogP contribution in [0.5, 0.6) is 0 Å². The first kappa shape index (κ1) is 29.2. The van der Waals surface area contributed by atoms with E-state index in [1.165, 1.54) is 6.42 Å². The number of rotatable bonds is 7. The Morgan fingerprint density at radius 3 is 1.86 bits per heavy atom. The predicted molar refractivity (Wildman–Crippen MR) is 153 cm³/mol. The molecule has 0 aliphatic heterocycles. The Kier molecular flexibility index (Phi) is 9.82. The molecule has 1 aromatic carbocycles. The number of nitrogens with zero attached hydrogens (tertiary/aromatic N) is 1. The van der Waals surface area contributed by atoms with Gasteiger partial charge in [-0.05, 0) is 89.3 Å². The molecule has 0 atom stereocenters. The van der Waals surface area contributed by atoms with Crippen molar-refractivity contribution in [3.8, 4) is 0 Å². The van der Waals surface area contributed by atoms with E-state index in [1.54, 1.807) is 0 Å². The van der Waals surface area contributed by atoms with Crippen LogP contribution in [-0.4, -0.2) is 23.3 Å². The molecule has 206 valence electrons. The Morgan fingerprint density at radius 2 is 1.35 bits per heavy atom. The van der Waals surface area contributed by atoms with Gasteiger partial charge in [-0.25, -0.2) is 0 Å². The summed E-state index contributed by atoms with van der Waals surface area (Å²) in [6, 6.07) is 5.58. The van der Waals surface area contributed by atoms with Crippen LogP contribution in [0.1, 0.15) is 106 Å². The Labute approximate surface area is 224 Å². The zero-order valence-electron chi connectivity index (χ0n) is 24.2. The summed E-state index contributed by atoms with van der Waals surface area (Å²) in [5.41, 5.74) is 1.48. The van der Waals surface area contributed by atoms with Gasteiger partial charge in [0.25, 0.3) is 0 Å². The number of nitrogens with one attached hydrogen (secondary N) is 2. The van der Waals surface area contributed by atoms with Crippen LogP contribution in [0.3, 0.4) is 0 Å². The third kappa shape index (κ3) is 7.81. The summed E-state index contributed by atoms with van der Waals surface area (Å²) in [6.07, 6.45) is 9.15. The SMILES string of the molecule is CC(C)C(=O)Nc1cc(NC(=O)C2CCC(C(C)C)CC2)cc(N(C(=O)C2CCCCC2)C(C)(C)C)c1. The van der Waals surface area contributed by atoms with E-state index in [9.17, 15) is 14.4 Å². The highest BCUT2D eigenvalue weighted by atomic mass is 16.2. The standard InChI is InChI=1S/C31H49N3O3/c1-20(2)22-13-15-23(16-14-22)29(36)33-26-17-25(32-28(35)21(3)4)18-27(19-26)34(31(5,6)7)30(37)24-11-9-8-10-12-24/h17-24H,8-16H2,1-7H3,(H,32,35)(H,33,36). The average molecular weight is 512 g/mol. The van der Waals surface area contributed by atoms with Gasteiger partial charge in [-0.15, -0.1) is 0 Å². The van der Waals surface area contributed by atoms with Crippen LogP contribution in [0, 0.1) is 29.6 Å². The lowest BCUT2D eigenvalue weighted by atomic mass is 9.76. The second kappa shape index (κ2) is 12.4. The van der Waals surface area contributed by atoms with E-state index < -0.39 is 5.54 Å². The Morgan fingerprint density at radius 1 is 0.784 bits per heavy atom. The summed E-state index contributed by atoms with van der Waals surface area (Å²) in [5, 5.41) is 6.13. The third-order valence-corrected chi connectivity index (χ3v) is 8.17. The van der Waals surface area contributed by atoms with Gasteiger partial charge in [0.05, 0.1) is 0 Å². The highest BCUT2D eigenvalue weighted by Crippen LogP contribution is 2.37. The van der Waals surface area contributed by atoms with Crippen LogP contribution < -0.4 is 15.5 Å². The number of benzene rings is 1. The van der Waals surface area contributed by atoms with Gasteiger partial charge in [0.1, 0.15) is 0 Å². The third-order valence-electron chi connectivity index (χ3n) is 8.17. The molecule has 2 saturated carbocycles. The minimum atomic E-state index is -0.453. The molecule has 0 aromatic heterocycles. The molecule has 2 aliphatic carbocycles. The fourth-order valence-corrected chi connectivity index (χ4v) is 5.84. The topological polar surface area (TPSA) is 78.5 Å². The van der Waals surface area contributed by atoms with Crippen molar-refractivity contribution < 1.29 is 14.4 Å². The summed E-state index contributed by atoms with van der Waals surface area (Å²) in [6.45, 7) is 14.3. The van der Waals surface area contributed by atoms with Crippen LogP contribution in [-0.2, 0) is 14.4 Å². The van der Waals surface area contributed by atoms with Gasteiger partial charge in [-0.2, -0.15) is 0 Å². The van der Waals surface area contributed by atoms with Gasteiger partial charge >= 0.3 is 0 Å². The molecule has 37 heavy (non-hydrogen) atoms. The van der Waals surface area contributed by atoms with Crippen LogP contribution in [0.25, 0.3) is 0 Å². The van der Waals surface area contributed by atoms with Crippen LogP contribution in [0.4, 0.5) is 17.1 Å². The van der Waals surface area contributed by atoms with E-state index in [0.717, 1.165) is 51.4 Å². The Balaban J connectivity index is 1.90. The molecule has 3 amide bonds. The summed E-state index contributed by atoms with van der Waals surface area (Å²) < 4.78 is 0. The van der Waals surface area contributed by atoms with Crippen molar-refractivity contribution in [3.63, 3.8) is 0 Å². The quantitative estimate of drug-likeness (QED) is 0.400. The largest absolute Gasteiger partial charge is 0.326 e. The molecule has 0 radical (unpaired) electrons. The van der Waals surface area contributed by atoms with E-state index >= 15 is 0 Å². The van der Waals surface area contributed by atoms with Crippen molar-refractivity contribution in [2.75, 3.05) is 15.5 Å². The van der Waals surface area contributed by atoms with E-state index in [0.29, 0.717) is 28.9 Å². The van der Waals surface area contributed by atoms with Gasteiger partial charge < -0.3 is 15.5 Å². The fourth-order valence-electron chi connectivity index (χ4n) is 5.84. The van der Waals surface area contributed by atoms with Crippen LogP contribution in [0.2, 0.25) is 0 Å². The van der Waals surface area contributed by atoms with Crippen molar-refractivity contribution in [1.29, 1.82) is 0 Å². The van der Waals surface area contributed by atoms with Crippen molar-refractivity contribution in [2.45, 2.75) is 112 Å². The molecule has 2 fully saturated rings. The maximum absolute atomic E-state index is 13.8. The van der Waals surface area contributed by atoms with Crippen molar-refractivity contribution in [3.05, 3.63) is 18.2 Å². The molecule has 0 bridgehead atoms. The number of carbonyl (C=O) groups excluding carboxylic acids is 3. The van der Waals surface area contributed by atoms with Gasteiger partial charge in [-0.1, -0.05) is 47.0 Å². The molecular weight excluding hydrogens is 462 g/mol. The van der Waals surface area contributed by atoms with E-state index in [-0.39, 0.29) is 35.5 Å². The second-order valence-electron chi connectivity index (χ2n) is 12.9. The van der Waals surface area contributed by atoms with Gasteiger partial charge in [0.15, 0.2) is 0 Å². The lowest BCUT2D eigenvalue weighted by Gasteiger charge is -2.39. The maximum Gasteiger partial charge on any atom is 0.230 e. The molecule has 2 N–H and O–H groups in total. The van der Waals surface area contributed by atoms with E-state index in [1.807, 2.05) is 57.7 Å². The molecule has 1 aromatic rings.